The van der Waals surface area contributed by atoms with Gasteiger partial charge in [0.1, 0.15) is 0 Å². The van der Waals surface area contributed by atoms with Gasteiger partial charge in [-0.15, -0.1) is 0 Å². The third-order valence-corrected chi connectivity index (χ3v) is 3.17. The van der Waals surface area contributed by atoms with Crippen LogP contribution in [0.4, 0.5) is 10.5 Å². The molecule has 2 nitrogen and oxygen atoms in total. The number of hydrogen-bond acceptors (Lipinski definition) is 1. The minimum atomic E-state index is 0.106. The van der Waals surface area contributed by atoms with Crippen molar-refractivity contribution in [3.8, 4) is 0 Å². The predicted octanol–water partition coefficient (Wildman–Crippen LogP) is 2.71. The first-order valence-electron chi connectivity index (χ1n) is 5.37. The Labute approximate surface area is 114 Å². The topological polar surface area (TPSA) is 20.3 Å². The van der Waals surface area contributed by atoms with E-state index in [0.717, 1.165) is 11.3 Å². The molecule has 0 saturated carbocycles. The fourth-order valence-electron chi connectivity index (χ4n) is 1.64. The molecule has 0 aromatic heterocycles. The van der Waals surface area contributed by atoms with Crippen molar-refractivity contribution in [1.82, 2.24) is 0 Å². The Morgan fingerprint density at radius 1 is 0.941 bits per heavy atom. The number of hydrogen-bond donors (Lipinski definition) is 0. The quantitative estimate of drug-likeness (QED) is 0.788. The van der Waals surface area contributed by atoms with Gasteiger partial charge in [0.05, 0.1) is 0 Å². The summed E-state index contributed by atoms with van der Waals surface area (Å²) in [6, 6.07) is 19.8. The molecule has 86 valence electrons. The Morgan fingerprint density at radius 2 is 1.47 bits per heavy atom. The van der Waals surface area contributed by atoms with Crippen LogP contribution in [0.5, 0.6) is 0 Å². The standard InChI is InChI=1S/C14H13NOTe/c16-14(17)15(13-9-5-2-6-10-13)11-12-7-3-1-4-8-12/h1-10H,11H2,(H,16,17). The fraction of sp³-hybridized carbons (Fsp3) is 0.0714. The van der Waals surface area contributed by atoms with Crippen molar-refractivity contribution < 1.29 is 4.79 Å². The molecule has 0 N–H and O–H groups in total. The average molecular weight is 339 g/mol. The Morgan fingerprint density at radius 3 is 2.00 bits per heavy atom. The van der Waals surface area contributed by atoms with Crippen LogP contribution in [-0.4, -0.2) is 26.2 Å². The normalized spacial score (nSPS) is 9.94. The van der Waals surface area contributed by atoms with Gasteiger partial charge in [-0.25, -0.2) is 0 Å². The van der Waals surface area contributed by atoms with E-state index in [-0.39, 0.29) is 3.96 Å². The number of para-hydroxylation sites is 1. The SMILES string of the molecule is O=C([TeH])N(Cc1ccccc1)c1ccccc1. The second-order valence-electron chi connectivity index (χ2n) is 3.69. The summed E-state index contributed by atoms with van der Waals surface area (Å²) in [7, 11) is 0. The molecule has 0 aliphatic rings. The van der Waals surface area contributed by atoms with Crippen molar-refractivity contribution in [2.24, 2.45) is 0 Å². The van der Waals surface area contributed by atoms with E-state index < -0.39 is 0 Å². The number of nitrogens with zero attached hydrogens (tertiary/aromatic N) is 1. The van der Waals surface area contributed by atoms with E-state index >= 15 is 0 Å². The number of anilines is 1. The molecule has 0 fully saturated rings. The van der Waals surface area contributed by atoms with Gasteiger partial charge < -0.3 is 0 Å². The summed E-state index contributed by atoms with van der Waals surface area (Å²) in [5, 5.41) is 0. The van der Waals surface area contributed by atoms with Gasteiger partial charge in [-0.05, 0) is 0 Å². The van der Waals surface area contributed by atoms with Crippen LogP contribution in [0.1, 0.15) is 5.56 Å². The Kier molecular flexibility index (Phi) is 4.19. The van der Waals surface area contributed by atoms with Crippen LogP contribution in [0.15, 0.2) is 60.7 Å². The number of amides is 1. The van der Waals surface area contributed by atoms with Crippen LogP contribution in [0.25, 0.3) is 0 Å². The van der Waals surface area contributed by atoms with E-state index in [1.54, 1.807) is 4.90 Å². The van der Waals surface area contributed by atoms with E-state index in [1.807, 2.05) is 60.7 Å². The zero-order valence-corrected chi connectivity index (χ0v) is 11.8. The summed E-state index contributed by atoms with van der Waals surface area (Å²) in [4.78, 5) is 13.5. The van der Waals surface area contributed by atoms with Gasteiger partial charge in [0.2, 0.25) is 0 Å². The van der Waals surface area contributed by atoms with E-state index in [4.69, 9.17) is 0 Å². The fourth-order valence-corrected chi connectivity index (χ4v) is 2.17. The zero-order chi connectivity index (χ0) is 12.1. The summed E-state index contributed by atoms with van der Waals surface area (Å²) in [6.45, 7) is 0.624. The molecular formula is C14H13NOTe. The number of rotatable bonds is 3. The van der Waals surface area contributed by atoms with Crippen LogP contribution in [0, 0.1) is 0 Å². The second-order valence-corrected chi connectivity index (χ2v) is 4.78. The summed E-state index contributed by atoms with van der Waals surface area (Å²) in [5.41, 5.74) is 2.09. The van der Waals surface area contributed by atoms with Crippen molar-refractivity contribution in [3.63, 3.8) is 0 Å². The number of benzene rings is 2. The maximum absolute atomic E-state index is 11.7. The molecule has 2 aromatic rings. The van der Waals surface area contributed by atoms with Crippen molar-refractivity contribution in [1.29, 1.82) is 0 Å². The molecule has 2 aromatic carbocycles. The van der Waals surface area contributed by atoms with Crippen LogP contribution >= 0.6 is 0 Å². The van der Waals surface area contributed by atoms with Crippen molar-refractivity contribution in [2.75, 3.05) is 4.90 Å². The zero-order valence-electron chi connectivity index (χ0n) is 9.28. The molecule has 0 bridgehead atoms. The predicted molar refractivity (Wildman–Crippen MR) is 71.6 cm³/mol. The van der Waals surface area contributed by atoms with Crippen molar-refractivity contribution >= 4 is 31.9 Å². The molecule has 0 aliphatic carbocycles. The molecule has 0 heterocycles. The van der Waals surface area contributed by atoms with Crippen molar-refractivity contribution in [2.45, 2.75) is 6.54 Å². The summed E-state index contributed by atoms with van der Waals surface area (Å²) in [6.07, 6.45) is 0. The van der Waals surface area contributed by atoms with E-state index in [0.29, 0.717) is 6.54 Å². The molecular weight excluding hydrogens is 326 g/mol. The van der Waals surface area contributed by atoms with Gasteiger partial charge >= 0.3 is 114 Å². The molecule has 0 aliphatic heterocycles. The van der Waals surface area contributed by atoms with Gasteiger partial charge in [0.25, 0.3) is 0 Å². The molecule has 17 heavy (non-hydrogen) atoms. The molecule has 0 spiro atoms. The van der Waals surface area contributed by atoms with E-state index in [1.165, 1.54) is 22.3 Å². The minimum absolute atomic E-state index is 0.106. The summed E-state index contributed by atoms with van der Waals surface area (Å²) < 4.78 is 0.106. The van der Waals surface area contributed by atoms with Gasteiger partial charge in [-0.1, -0.05) is 0 Å². The molecule has 2 rings (SSSR count). The van der Waals surface area contributed by atoms with Gasteiger partial charge in [0, 0.05) is 0 Å². The van der Waals surface area contributed by atoms with Crippen molar-refractivity contribution in [3.05, 3.63) is 66.2 Å². The van der Waals surface area contributed by atoms with Gasteiger partial charge in [-0.2, -0.15) is 0 Å². The monoisotopic (exact) mass is 341 g/mol. The second kappa shape index (κ2) is 5.86. The Hall–Kier alpha value is -1.30. The Balaban J connectivity index is 2.23. The first-order valence-corrected chi connectivity index (χ1v) is 6.64. The van der Waals surface area contributed by atoms with Gasteiger partial charge in [0.15, 0.2) is 0 Å². The first kappa shape index (κ1) is 12.2. The first-order chi connectivity index (χ1) is 8.27. The van der Waals surface area contributed by atoms with E-state index in [2.05, 4.69) is 0 Å². The van der Waals surface area contributed by atoms with Crippen LogP contribution in [0.2, 0.25) is 0 Å². The molecule has 0 atom stereocenters. The molecule has 3 heteroatoms. The molecule has 0 saturated heterocycles. The summed E-state index contributed by atoms with van der Waals surface area (Å²) >= 11 is 1.21. The maximum atomic E-state index is 11.7. The van der Waals surface area contributed by atoms with Crippen LogP contribution in [0.3, 0.4) is 0 Å². The molecule has 0 radical (unpaired) electrons. The van der Waals surface area contributed by atoms with Crippen LogP contribution in [-0.2, 0) is 6.54 Å². The summed E-state index contributed by atoms with van der Waals surface area (Å²) in [5.74, 6) is 0. The average Bonchev–Trinajstić information content (AvgIpc) is 2.38. The molecule has 0 unspecified atom stereocenters. The van der Waals surface area contributed by atoms with Gasteiger partial charge in [-0.3, -0.25) is 0 Å². The Bertz CT molecular complexity index is 484. The van der Waals surface area contributed by atoms with Crippen LogP contribution < -0.4 is 4.90 Å². The third kappa shape index (κ3) is 3.33. The molecule has 1 amide bonds. The number of carbonyl (C=O) groups excluding carboxylic acids is 1. The number of carbonyl (C=O) groups is 1. The van der Waals surface area contributed by atoms with E-state index in [9.17, 15) is 4.79 Å². The third-order valence-electron chi connectivity index (χ3n) is 2.48.